The number of halogens is 1. The fourth-order valence-corrected chi connectivity index (χ4v) is 9.21. The lowest BCUT2D eigenvalue weighted by Gasteiger charge is -2.28. The van der Waals surface area contributed by atoms with Crippen molar-refractivity contribution in [3.8, 4) is 6.07 Å². The van der Waals surface area contributed by atoms with Crippen LogP contribution in [-0.4, -0.2) is 115 Å². The molecule has 0 spiro atoms. The van der Waals surface area contributed by atoms with Gasteiger partial charge in [0.15, 0.2) is 40.5 Å². The second kappa shape index (κ2) is 21.2. The molecule has 0 radical (unpaired) electrons. The van der Waals surface area contributed by atoms with E-state index in [1.54, 1.807) is 55.7 Å². The van der Waals surface area contributed by atoms with Crippen LogP contribution in [0.25, 0.3) is 32.8 Å². The van der Waals surface area contributed by atoms with Crippen LogP contribution in [0.2, 0.25) is 0 Å². The predicted molar refractivity (Wildman–Crippen MR) is 228 cm³/mol. The van der Waals surface area contributed by atoms with Gasteiger partial charge in [0.05, 0.1) is 51.0 Å². The van der Waals surface area contributed by atoms with Crippen molar-refractivity contribution in [3.63, 3.8) is 0 Å². The van der Waals surface area contributed by atoms with Gasteiger partial charge in [-0.1, -0.05) is 44.1 Å². The molecule has 2 fully saturated rings. The summed E-state index contributed by atoms with van der Waals surface area (Å²) in [6, 6.07) is 10.4. The molecular weight excluding hydrogens is 913 g/mol. The Morgan fingerprint density at radius 3 is 2.44 bits per heavy atom. The Balaban J connectivity index is 1.18. The van der Waals surface area contributed by atoms with Crippen LogP contribution in [0.3, 0.4) is 0 Å². The van der Waals surface area contributed by atoms with E-state index >= 15 is 4.39 Å². The Morgan fingerprint density at radius 1 is 1.03 bits per heavy atom. The van der Waals surface area contributed by atoms with E-state index in [-0.39, 0.29) is 40.5 Å². The summed E-state index contributed by atoms with van der Waals surface area (Å²) in [6.07, 6.45) is -6.65. The largest absolute Gasteiger partial charge is 0.475 e. The molecule has 2 saturated heterocycles. The molecule has 350 valence electrons. The third-order valence-corrected chi connectivity index (χ3v) is 12.7. The van der Waals surface area contributed by atoms with Gasteiger partial charge >= 0.3 is 16.4 Å². The Kier molecular flexibility index (Phi) is 15.4. The van der Waals surface area contributed by atoms with Crippen LogP contribution in [0, 0.1) is 23.2 Å². The van der Waals surface area contributed by atoms with Gasteiger partial charge in [-0.05, 0) is 17.7 Å². The second-order valence-electron chi connectivity index (χ2n) is 14.8. The molecule has 2 amide bonds. The third kappa shape index (κ3) is 10.4. The molecule has 26 nitrogen and oxygen atoms in total. The predicted octanol–water partition coefficient (Wildman–Crippen LogP) is 5.23. The number of carbonyl (C=O) groups excluding carboxylic acids is 2. The molecular formula is C37H43FN14O12P2. The first-order chi connectivity index (χ1) is 31.8. The topological polar surface area (TPSA) is 329 Å². The summed E-state index contributed by atoms with van der Waals surface area (Å²) in [5.74, 6) is -2.08. The molecule has 5 aromatic rings. The van der Waals surface area contributed by atoms with E-state index in [9.17, 15) is 24.2 Å². The molecule has 4 aromatic heterocycles. The first-order valence-electron chi connectivity index (χ1n) is 20.1. The second-order valence-corrected chi connectivity index (χ2v) is 17.8. The van der Waals surface area contributed by atoms with Gasteiger partial charge in [0.1, 0.15) is 30.9 Å². The summed E-state index contributed by atoms with van der Waals surface area (Å²) in [7, 11) is -4.20. The van der Waals surface area contributed by atoms with E-state index in [0.29, 0.717) is 5.56 Å². The van der Waals surface area contributed by atoms with Crippen LogP contribution in [0.15, 0.2) is 59.2 Å². The maximum atomic E-state index is 16.5. The maximum Gasteiger partial charge on any atom is 0.475 e. The Hall–Kier alpha value is -5.87. The number of phosphoric ester groups is 1. The average Bonchev–Trinajstić information content (AvgIpc) is 4.08. The fraction of sp³-hybridized carbons (Fsp3) is 0.486. The molecule has 2 aliphatic rings. The number of H-pyrrole nitrogens is 1. The van der Waals surface area contributed by atoms with Gasteiger partial charge in [0.25, 0.3) is 11.5 Å². The molecule has 0 bridgehead atoms. The Labute approximate surface area is 374 Å². The number of hydrogen-bond acceptors (Lipinski definition) is 19. The lowest BCUT2D eigenvalue weighted by Crippen LogP contribution is -2.33. The van der Waals surface area contributed by atoms with Crippen LogP contribution in [0.1, 0.15) is 50.0 Å². The molecule has 9 atom stereocenters. The zero-order valence-electron chi connectivity index (χ0n) is 35.7. The number of nitriles is 1. The molecule has 0 saturated carbocycles. The van der Waals surface area contributed by atoms with Gasteiger partial charge in [-0.15, -0.1) is 0 Å². The zero-order chi connectivity index (χ0) is 47.1. The van der Waals surface area contributed by atoms with Crippen LogP contribution in [0.5, 0.6) is 0 Å². The number of benzene rings is 1. The molecule has 7 rings (SSSR count). The SMILES string of the molecule is COP(OC)OC1C(COP(=O)(OCCC#N)OC2C(F)C(CN=[N+]=[N-])OC2n2cnc3c(=O)[nH]c(NC(=O)C(C)C)nc32)OC(n2cnc3c(NC(=O)c4ccccc4)ncnc32)C1C. The first kappa shape index (κ1) is 48.1. The van der Waals surface area contributed by atoms with E-state index in [1.165, 1.54) is 26.9 Å². The van der Waals surface area contributed by atoms with Gasteiger partial charge in [0, 0.05) is 36.5 Å². The van der Waals surface area contributed by atoms with E-state index in [2.05, 4.69) is 50.6 Å². The number of azide groups is 1. The maximum absolute atomic E-state index is 16.5. The quantitative estimate of drug-likeness (QED) is 0.0295. The number of anilines is 2. The summed E-state index contributed by atoms with van der Waals surface area (Å²) in [6.45, 7) is 3.38. The number of hydrogen-bond donors (Lipinski definition) is 3. The number of aromatic nitrogens is 8. The minimum Gasteiger partial charge on any atom is -0.349 e. The monoisotopic (exact) mass is 956 g/mol. The molecule has 1 aromatic carbocycles. The van der Waals surface area contributed by atoms with Crippen molar-refractivity contribution in [1.82, 2.24) is 39.0 Å². The number of nitrogens with zero attached hydrogens (tertiary/aromatic N) is 11. The number of aromatic amines is 1. The van der Waals surface area contributed by atoms with Crippen LogP contribution < -0.4 is 16.2 Å². The van der Waals surface area contributed by atoms with Crippen molar-refractivity contribution in [2.75, 3.05) is 44.6 Å². The lowest BCUT2D eigenvalue weighted by atomic mass is 10.0. The number of fused-ring (bicyclic) bond motifs is 2. The van der Waals surface area contributed by atoms with Crippen molar-refractivity contribution in [3.05, 3.63) is 75.7 Å². The van der Waals surface area contributed by atoms with Gasteiger partial charge in [-0.2, -0.15) is 10.2 Å². The average molecular weight is 957 g/mol. The standard InChI is InChI=1S/C37H43FN14O12P2/c1-19(2)32(53)48-37-47-31-26(34(55)49-37)44-18-52(31)36-28(24(38)22(61-36)14-45-50-40)64-66(56,59-13-9-12-39)60-15-23-27(63-65(57-4)58-5)20(3)35(62-23)51-17-43-25-29(41-16-42-30(25)51)46-33(54)21-10-7-6-8-11-21/h6-8,10-11,16-20,22-24,27-28,35-36H,9,13-15H2,1-5H3,(H,41,42,46,54)(H2,47,48,49,53,55). The van der Waals surface area contributed by atoms with Crippen LogP contribution >= 0.6 is 16.4 Å². The molecule has 3 N–H and O–H groups in total. The highest BCUT2D eigenvalue weighted by Crippen LogP contribution is 2.56. The van der Waals surface area contributed by atoms with E-state index < -0.39 is 108 Å². The normalized spacial score (nSPS) is 23.8. The minimum atomic E-state index is -4.97. The summed E-state index contributed by atoms with van der Waals surface area (Å²) >= 11 is 0. The fourth-order valence-electron chi connectivity index (χ4n) is 7.00. The molecule has 2 aliphatic heterocycles. The highest BCUT2D eigenvalue weighted by atomic mass is 31.2. The summed E-state index contributed by atoms with van der Waals surface area (Å²) in [5.41, 5.74) is 8.76. The van der Waals surface area contributed by atoms with Crippen molar-refractivity contribution in [1.29, 1.82) is 5.26 Å². The number of alkyl halides is 1. The lowest BCUT2D eigenvalue weighted by molar-refractivity contribution is -0.118. The van der Waals surface area contributed by atoms with Crippen LogP contribution in [0.4, 0.5) is 16.2 Å². The third-order valence-electron chi connectivity index (χ3n) is 10.2. The van der Waals surface area contributed by atoms with Crippen LogP contribution in [-0.2, 0) is 46.0 Å². The van der Waals surface area contributed by atoms with Gasteiger partial charge in [-0.3, -0.25) is 47.4 Å². The number of ether oxygens (including phenoxy) is 2. The number of imidazole rings is 2. The van der Waals surface area contributed by atoms with Gasteiger partial charge < -0.3 is 28.4 Å². The highest BCUT2D eigenvalue weighted by molar-refractivity contribution is 7.48. The molecule has 29 heteroatoms. The minimum absolute atomic E-state index is 0.132. The van der Waals surface area contributed by atoms with E-state index in [0.717, 1.165) is 10.9 Å². The van der Waals surface area contributed by atoms with Crippen molar-refractivity contribution >= 4 is 62.3 Å². The highest BCUT2D eigenvalue weighted by Gasteiger charge is 2.52. The molecule has 66 heavy (non-hydrogen) atoms. The number of carbonyl (C=O) groups is 2. The van der Waals surface area contributed by atoms with Gasteiger partial charge in [-0.25, -0.2) is 28.9 Å². The summed E-state index contributed by atoms with van der Waals surface area (Å²) < 4.78 is 80.8. The van der Waals surface area contributed by atoms with E-state index in [1.807, 2.05) is 6.07 Å². The zero-order valence-corrected chi connectivity index (χ0v) is 37.5. The smallest absolute Gasteiger partial charge is 0.349 e. The van der Waals surface area contributed by atoms with Crippen molar-refractivity contribution < 1.29 is 55.2 Å². The van der Waals surface area contributed by atoms with E-state index in [4.69, 9.17) is 42.1 Å². The number of nitrogens with one attached hydrogen (secondary N) is 3. The number of phosphoric acid groups is 1. The van der Waals surface area contributed by atoms with Crippen molar-refractivity contribution in [2.24, 2.45) is 17.0 Å². The summed E-state index contributed by atoms with van der Waals surface area (Å²) in [4.78, 5) is 65.2. The van der Waals surface area contributed by atoms with Gasteiger partial charge in [0.2, 0.25) is 11.9 Å². The Bertz CT molecular complexity index is 2730. The number of amides is 2. The molecule has 9 unspecified atom stereocenters. The Morgan fingerprint density at radius 2 is 1.74 bits per heavy atom. The number of rotatable bonds is 20. The summed E-state index contributed by atoms with van der Waals surface area (Å²) in [5, 5.41) is 18.0. The first-order valence-corrected chi connectivity index (χ1v) is 22.6. The van der Waals surface area contributed by atoms with Crippen molar-refractivity contribution in [2.45, 2.75) is 70.2 Å². The molecule has 0 aliphatic carbocycles. The molecule has 6 heterocycles.